The number of aromatic nitrogens is 2. The van der Waals surface area contributed by atoms with Crippen LogP contribution in [0.4, 0.5) is 5.82 Å². The van der Waals surface area contributed by atoms with Crippen LogP contribution in [0.15, 0.2) is 12.1 Å². The van der Waals surface area contributed by atoms with Crippen LogP contribution in [0.1, 0.15) is 19.0 Å². The molecule has 6 nitrogen and oxygen atoms in total. The van der Waals surface area contributed by atoms with Gasteiger partial charge in [0.2, 0.25) is 5.91 Å². The van der Waals surface area contributed by atoms with Gasteiger partial charge in [-0.25, -0.2) is 0 Å². The molecule has 0 N–H and O–H groups in total. The van der Waals surface area contributed by atoms with Crippen LogP contribution < -0.4 is 4.90 Å². The normalized spacial score (nSPS) is 28.1. The number of ether oxygens (including phenoxy) is 1. The Morgan fingerprint density at radius 3 is 2.91 bits per heavy atom. The molecule has 2 atom stereocenters. The van der Waals surface area contributed by atoms with E-state index < -0.39 is 0 Å². The van der Waals surface area contributed by atoms with E-state index in [1.54, 1.807) is 7.11 Å². The number of carbonyl (C=O) groups is 1. The summed E-state index contributed by atoms with van der Waals surface area (Å²) in [7, 11) is 1.67. The van der Waals surface area contributed by atoms with E-state index in [0.29, 0.717) is 19.1 Å². The minimum atomic E-state index is -0.264. The van der Waals surface area contributed by atoms with Gasteiger partial charge in [-0.2, -0.15) is 5.10 Å². The molecule has 0 aliphatic carbocycles. The summed E-state index contributed by atoms with van der Waals surface area (Å²) >= 11 is 0. The first-order valence-electron chi connectivity index (χ1n) is 7.90. The van der Waals surface area contributed by atoms with Crippen molar-refractivity contribution in [3.8, 4) is 0 Å². The summed E-state index contributed by atoms with van der Waals surface area (Å²) in [6.45, 7) is 7.84. The zero-order valence-electron chi connectivity index (χ0n) is 13.6. The number of hydrogen-bond donors (Lipinski definition) is 0. The number of anilines is 1. The Hall–Kier alpha value is -1.69. The Balaban J connectivity index is 1.75. The Labute approximate surface area is 131 Å². The highest BCUT2D eigenvalue weighted by Gasteiger charge is 2.55. The van der Waals surface area contributed by atoms with Gasteiger partial charge >= 0.3 is 0 Å². The smallest absolute Gasteiger partial charge is 0.231 e. The van der Waals surface area contributed by atoms with Gasteiger partial charge in [-0.15, -0.1) is 5.10 Å². The topological polar surface area (TPSA) is 58.6 Å². The monoisotopic (exact) mass is 304 g/mol. The number of rotatable bonds is 4. The quantitative estimate of drug-likeness (QED) is 0.834. The van der Waals surface area contributed by atoms with E-state index in [9.17, 15) is 4.79 Å². The predicted molar refractivity (Wildman–Crippen MR) is 83.7 cm³/mol. The van der Waals surface area contributed by atoms with Crippen molar-refractivity contribution in [2.75, 3.05) is 44.8 Å². The number of aryl methyl sites for hydroxylation is 1. The van der Waals surface area contributed by atoms with Crippen molar-refractivity contribution in [2.45, 2.75) is 20.3 Å². The first-order chi connectivity index (χ1) is 10.6. The largest absolute Gasteiger partial charge is 0.383 e. The van der Waals surface area contributed by atoms with E-state index in [-0.39, 0.29) is 11.3 Å². The molecular formula is C16H24N4O2. The van der Waals surface area contributed by atoms with Crippen LogP contribution in [0, 0.1) is 18.3 Å². The van der Waals surface area contributed by atoms with E-state index in [1.165, 1.54) is 0 Å². The molecule has 3 rings (SSSR count). The fraction of sp³-hybridized carbons (Fsp3) is 0.688. The zero-order valence-corrected chi connectivity index (χ0v) is 13.6. The van der Waals surface area contributed by atoms with E-state index in [2.05, 4.69) is 22.0 Å². The Morgan fingerprint density at radius 1 is 1.41 bits per heavy atom. The van der Waals surface area contributed by atoms with Gasteiger partial charge in [-0.05, 0) is 31.4 Å². The molecule has 2 saturated heterocycles. The first-order valence-corrected chi connectivity index (χ1v) is 7.90. The average Bonchev–Trinajstić information content (AvgIpc) is 3.01. The molecular weight excluding hydrogens is 280 g/mol. The Morgan fingerprint density at radius 2 is 2.23 bits per heavy atom. The van der Waals surface area contributed by atoms with Gasteiger partial charge < -0.3 is 14.5 Å². The lowest BCUT2D eigenvalue weighted by molar-refractivity contribution is -0.137. The van der Waals surface area contributed by atoms with Crippen LogP contribution >= 0.6 is 0 Å². The molecule has 6 heteroatoms. The van der Waals surface area contributed by atoms with E-state index >= 15 is 0 Å². The highest BCUT2D eigenvalue weighted by Crippen LogP contribution is 2.45. The summed E-state index contributed by atoms with van der Waals surface area (Å²) in [5.41, 5.74) is 0.647. The van der Waals surface area contributed by atoms with Crippen molar-refractivity contribution in [2.24, 2.45) is 11.3 Å². The molecule has 2 fully saturated rings. The standard InChI is InChI=1S/C16H24N4O2/c1-12-10-20(14-5-4-13(2)17-18-14)11-16(12)6-7-19(15(16)21)8-9-22-3/h4-5,12H,6-11H2,1-3H3/t12-,16?/m0/s1. The first kappa shape index (κ1) is 15.2. The van der Waals surface area contributed by atoms with Crippen molar-refractivity contribution in [1.82, 2.24) is 15.1 Å². The van der Waals surface area contributed by atoms with Crippen molar-refractivity contribution in [3.63, 3.8) is 0 Å². The summed E-state index contributed by atoms with van der Waals surface area (Å²) in [4.78, 5) is 17.0. The average molecular weight is 304 g/mol. The lowest BCUT2D eigenvalue weighted by Crippen LogP contribution is -2.40. The summed E-state index contributed by atoms with van der Waals surface area (Å²) in [5.74, 6) is 1.48. The van der Waals surface area contributed by atoms with E-state index in [1.807, 2.05) is 24.0 Å². The van der Waals surface area contributed by atoms with Gasteiger partial charge in [0.05, 0.1) is 17.7 Å². The summed E-state index contributed by atoms with van der Waals surface area (Å²) in [6.07, 6.45) is 0.923. The minimum absolute atomic E-state index is 0.264. The Bertz CT molecular complexity index is 548. The third-order valence-corrected chi connectivity index (χ3v) is 5.12. The lowest BCUT2D eigenvalue weighted by Gasteiger charge is -2.26. The van der Waals surface area contributed by atoms with Gasteiger partial charge in [0, 0.05) is 33.3 Å². The van der Waals surface area contributed by atoms with Crippen LogP contribution in [0.2, 0.25) is 0 Å². The predicted octanol–water partition coefficient (Wildman–Crippen LogP) is 1.11. The maximum absolute atomic E-state index is 12.9. The molecule has 3 heterocycles. The minimum Gasteiger partial charge on any atom is -0.383 e. The van der Waals surface area contributed by atoms with Crippen molar-refractivity contribution in [3.05, 3.63) is 17.8 Å². The molecule has 1 spiro atoms. The number of amides is 1. The highest BCUT2D eigenvalue weighted by molar-refractivity contribution is 5.86. The maximum atomic E-state index is 12.9. The number of carbonyl (C=O) groups excluding carboxylic acids is 1. The Kier molecular flexibility index (Phi) is 4.04. The van der Waals surface area contributed by atoms with Crippen LogP contribution in [-0.2, 0) is 9.53 Å². The maximum Gasteiger partial charge on any atom is 0.231 e. The molecule has 1 aromatic rings. The second kappa shape index (κ2) is 5.83. The SMILES string of the molecule is COCCN1CCC2(CN(c3ccc(C)nn3)C[C@@H]2C)C1=O. The van der Waals surface area contributed by atoms with Gasteiger partial charge in [0.15, 0.2) is 5.82 Å². The van der Waals surface area contributed by atoms with E-state index in [0.717, 1.165) is 37.6 Å². The summed E-state index contributed by atoms with van der Waals surface area (Å²) in [6, 6.07) is 3.97. The fourth-order valence-corrected chi connectivity index (χ4v) is 3.68. The molecule has 1 aromatic heterocycles. The molecule has 0 bridgehead atoms. The molecule has 1 unspecified atom stereocenters. The van der Waals surface area contributed by atoms with E-state index in [4.69, 9.17) is 4.74 Å². The van der Waals surface area contributed by atoms with Crippen LogP contribution in [-0.4, -0.2) is 60.9 Å². The van der Waals surface area contributed by atoms with Gasteiger partial charge in [0.25, 0.3) is 0 Å². The lowest BCUT2D eigenvalue weighted by atomic mass is 9.78. The number of likely N-dealkylation sites (tertiary alicyclic amines) is 1. The summed E-state index contributed by atoms with van der Waals surface area (Å²) < 4.78 is 5.11. The zero-order chi connectivity index (χ0) is 15.7. The number of hydrogen-bond acceptors (Lipinski definition) is 5. The molecule has 0 saturated carbocycles. The van der Waals surface area contributed by atoms with Crippen LogP contribution in [0.3, 0.4) is 0 Å². The van der Waals surface area contributed by atoms with Gasteiger partial charge in [0.1, 0.15) is 0 Å². The molecule has 2 aliphatic heterocycles. The van der Waals surface area contributed by atoms with Crippen LogP contribution in [0.5, 0.6) is 0 Å². The van der Waals surface area contributed by atoms with Gasteiger partial charge in [-0.3, -0.25) is 4.79 Å². The van der Waals surface area contributed by atoms with Crippen LogP contribution in [0.25, 0.3) is 0 Å². The van der Waals surface area contributed by atoms with Gasteiger partial charge in [-0.1, -0.05) is 6.92 Å². The molecule has 1 amide bonds. The number of methoxy groups -OCH3 is 1. The second-order valence-corrected chi connectivity index (χ2v) is 6.51. The summed E-state index contributed by atoms with van der Waals surface area (Å²) in [5, 5.41) is 8.41. The third kappa shape index (κ3) is 2.45. The van der Waals surface area contributed by atoms with Crippen molar-refractivity contribution in [1.29, 1.82) is 0 Å². The molecule has 0 radical (unpaired) electrons. The second-order valence-electron chi connectivity index (χ2n) is 6.51. The molecule has 22 heavy (non-hydrogen) atoms. The molecule has 2 aliphatic rings. The number of nitrogens with zero attached hydrogens (tertiary/aromatic N) is 4. The molecule has 120 valence electrons. The van der Waals surface area contributed by atoms with Crippen molar-refractivity contribution < 1.29 is 9.53 Å². The highest BCUT2D eigenvalue weighted by atomic mass is 16.5. The third-order valence-electron chi connectivity index (χ3n) is 5.12. The fourth-order valence-electron chi connectivity index (χ4n) is 3.68. The van der Waals surface area contributed by atoms with Crippen molar-refractivity contribution >= 4 is 11.7 Å². The molecule has 0 aromatic carbocycles.